The van der Waals surface area contributed by atoms with E-state index >= 15 is 0 Å². The van der Waals surface area contributed by atoms with Gasteiger partial charge in [0.05, 0.1) is 26.3 Å². The summed E-state index contributed by atoms with van der Waals surface area (Å²) in [6, 6.07) is 6.31. The van der Waals surface area contributed by atoms with Gasteiger partial charge in [0.2, 0.25) is 0 Å². The molecule has 2 aromatic rings. The molecule has 8 nitrogen and oxygen atoms in total. The van der Waals surface area contributed by atoms with Crippen LogP contribution in [0.2, 0.25) is 0 Å². The molecule has 1 saturated heterocycles. The van der Waals surface area contributed by atoms with Gasteiger partial charge >= 0.3 is 0 Å². The van der Waals surface area contributed by atoms with Crippen molar-refractivity contribution in [3.05, 3.63) is 41.0 Å². The molecule has 0 aliphatic carbocycles. The predicted octanol–water partition coefficient (Wildman–Crippen LogP) is 3.50. The van der Waals surface area contributed by atoms with Crippen LogP contribution < -0.4 is 15.4 Å². The van der Waals surface area contributed by atoms with Crippen LogP contribution in [0.1, 0.15) is 49.0 Å². The number of halogens is 1. The normalized spacial score (nSPS) is 16.0. The van der Waals surface area contributed by atoms with Crippen LogP contribution in [0.4, 0.5) is 0 Å². The van der Waals surface area contributed by atoms with Crippen LogP contribution in [0.5, 0.6) is 5.75 Å². The third-order valence-electron chi connectivity index (χ3n) is 5.55. The fourth-order valence-corrected chi connectivity index (χ4v) is 3.34. The molecule has 9 heteroatoms. The van der Waals surface area contributed by atoms with Crippen LogP contribution >= 0.6 is 24.0 Å². The first-order chi connectivity index (χ1) is 15.1. The molecule has 3 rings (SSSR count). The van der Waals surface area contributed by atoms with Crippen LogP contribution in [0, 0.1) is 19.8 Å². The molecular formula is C23H37IN6O2. The van der Waals surface area contributed by atoms with Gasteiger partial charge in [-0.25, -0.2) is 4.99 Å². The van der Waals surface area contributed by atoms with Gasteiger partial charge in [-0.15, -0.1) is 34.2 Å². The van der Waals surface area contributed by atoms with E-state index in [9.17, 15) is 0 Å². The van der Waals surface area contributed by atoms with Crippen molar-refractivity contribution >= 4 is 29.9 Å². The van der Waals surface area contributed by atoms with Crippen molar-refractivity contribution < 1.29 is 9.47 Å². The van der Waals surface area contributed by atoms with Crippen molar-refractivity contribution in [2.45, 2.75) is 53.1 Å². The maximum Gasteiger partial charge on any atom is 0.191 e. The minimum absolute atomic E-state index is 0. The summed E-state index contributed by atoms with van der Waals surface area (Å²) >= 11 is 0. The summed E-state index contributed by atoms with van der Waals surface area (Å²) in [7, 11) is 1.97. The van der Waals surface area contributed by atoms with Gasteiger partial charge in [0.25, 0.3) is 0 Å². The third kappa shape index (κ3) is 7.91. The Bertz CT molecular complexity index is 864. The summed E-state index contributed by atoms with van der Waals surface area (Å²) in [6.07, 6.45) is 3.28. The molecule has 2 N–H and O–H groups in total. The monoisotopic (exact) mass is 556 g/mol. The standard InChI is InChI=1S/C23H36N6O2.HI/c1-5-6-10-24-23(26-14-22-28-27-18(3)29(22)4)25-13-20-8-7-17(2)12-21(20)31-16-19-9-11-30-15-19;/h7-8,12,19H,5-6,9-11,13-16H2,1-4H3,(H2,24,25,26);1H. The number of aryl methyl sites for hydroxylation is 2. The van der Waals surface area contributed by atoms with Crippen molar-refractivity contribution in [2.24, 2.45) is 18.0 Å². The number of guanidine groups is 1. The summed E-state index contributed by atoms with van der Waals surface area (Å²) in [5.74, 6) is 3.92. The molecule has 1 atom stereocenters. The van der Waals surface area contributed by atoms with Gasteiger partial charge in [0.1, 0.15) is 11.6 Å². The van der Waals surface area contributed by atoms with E-state index in [1.807, 2.05) is 18.5 Å². The highest BCUT2D eigenvalue weighted by Gasteiger charge is 2.17. The minimum atomic E-state index is 0. The molecule has 0 radical (unpaired) electrons. The SMILES string of the molecule is CCCCNC(=NCc1ccc(C)cc1OCC1CCOC1)NCc1nnc(C)n1C.I. The van der Waals surface area contributed by atoms with Crippen LogP contribution in [-0.4, -0.2) is 47.1 Å². The minimum Gasteiger partial charge on any atom is -0.493 e. The molecule has 1 unspecified atom stereocenters. The average Bonchev–Trinajstić information content (AvgIpc) is 3.40. The highest BCUT2D eigenvalue weighted by atomic mass is 127. The van der Waals surface area contributed by atoms with E-state index in [4.69, 9.17) is 14.5 Å². The topological polar surface area (TPSA) is 85.6 Å². The van der Waals surface area contributed by atoms with E-state index in [2.05, 4.69) is 52.9 Å². The van der Waals surface area contributed by atoms with Gasteiger partial charge in [0.15, 0.2) is 11.8 Å². The first-order valence-electron chi connectivity index (χ1n) is 11.2. The lowest BCUT2D eigenvalue weighted by Gasteiger charge is -2.15. The van der Waals surface area contributed by atoms with Crippen molar-refractivity contribution in [3.63, 3.8) is 0 Å². The Morgan fingerprint density at radius 1 is 1.28 bits per heavy atom. The highest BCUT2D eigenvalue weighted by molar-refractivity contribution is 14.0. The lowest BCUT2D eigenvalue weighted by Crippen LogP contribution is -2.38. The number of aliphatic imine (C=N–C) groups is 1. The summed E-state index contributed by atoms with van der Waals surface area (Å²) in [5, 5.41) is 15.2. The zero-order valence-corrected chi connectivity index (χ0v) is 22.0. The number of nitrogens with zero attached hydrogens (tertiary/aromatic N) is 4. The lowest BCUT2D eigenvalue weighted by atomic mass is 10.1. The smallest absolute Gasteiger partial charge is 0.191 e. The van der Waals surface area contributed by atoms with Gasteiger partial charge in [-0.3, -0.25) is 0 Å². The van der Waals surface area contributed by atoms with Gasteiger partial charge in [-0.1, -0.05) is 25.5 Å². The van der Waals surface area contributed by atoms with Crippen LogP contribution in [-0.2, 0) is 24.9 Å². The third-order valence-corrected chi connectivity index (χ3v) is 5.55. The molecule has 1 fully saturated rings. The summed E-state index contributed by atoms with van der Waals surface area (Å²) in [5.41, 5.74) is 2.26. The predicted molar refractivity (Wildman–Crippen MR) is 138 cm³/mol. The molecule has 32 heavy (non-hydrogen) atoms. The number of hydrogen-bond acceptors (Lipinski definition) is 5. The van der Waals surface area contributed by atoms with Gasteiger partial charge in [0, 0.05) is 31.7 Å². The first kappa shape index (κ1) is 26.4. The van der Waals surface area contributed by atoms with E-state index < -0.39 is 0 Å². The second-order valence-electron chi connectivity index (χ2n) is 8.17. The van der Waals surface area contributed by atoms with Crippen molar-refractivity contribution in [3.8, 4) is 5.75 Å². The Kier molecular flexibility index (Phi) is 11.2. The molecular weight excluding hydrogens is 519 g/mol. The number of nitrogens with one attached hydrogen (secondary N) is 2. The first-order valence-corrected chi connectivity index (χ1v) is 11.2. The fraction of sp³-hybridized carbons (Fsp3) is 0.609. The molecule has 2 heterocycles. The number of hydrogen-bond donors (Lipinski definition) is 2. The zero-order valence-electron chi connectivity index (χ0n) is 19.7. The average molecular weight is 556 g/mol. The Morgan fingerprint density at radius 2 is 2.12 bits per heavy atom. The maximum absolute atomic E-state index is 6.17. The summed E-state index contributed by atoms with van der Waals surface area (Å²) in [4.78, 5) is 4.82. The van der Waals surface area contributed by atoms with E-state index in [0.29, 0.717) is 25.6 Å². The van der Waals surface area contributed by atoms with Crippen molar-refractivity contribution in [1.82, 2.24) is 25.4 Å². The number of rotatable bonds is 10. The summed E-state index contributed by atoms with van der Waals surface area (Å²) < 4.78 is 13.6. The van der Waals surface area contributed by atoms with E-state index in [-0.39, 0.29) is 24.0 Å². The number of aromatic nitrogens is 3. The van der Waals surface area contributed by atoms with Crippen LogP contribution in [0.25, 0.3) is 0 Å². The van der Waals surface area contributed by atoms with E-state index in [1.165, 1.54) is 5.56 Å². The molecule has 1 aliphatic rings. The highest BCUT2D eigenvalue weighted by Crippen LogP contribution is 2.23. The quantitative estimate of drug-likeness (QED) is 0.202. The maximum atomic E-state index is 6.17. The van der Waals surface area contributed by atoms with Crippen molar-refractivity contribution in [1.29, 1.82) is 0 Å². The van der Waals surface area contributed by atoms with Crippen molar-refractivity contribution in [2.75, 3.05) is 26.4 Å². The summed E-state index contributed by atoms with van der Waals surface area (Å²) in [6.45, 7) is 10.5. The number of ether oxygens (including phenoxy) is 2. The van der Waals surface area contributed by atoms with E-state index in [1.54, 1.807) is 0 Å². The Morgan fingerprint density at radius 3 is 2.81 bits per heavy atom. The van der Waals surface area contributed by atoms with Gasteiger partial charge < -0.3 is 24.7 Å². The second kappa shape index (κ2) is 13.6. The molecule has 0 saturated carbocycles. The molecule has 178 valence electrons. The molecule has 1 aromatic carbocycles. The molecule has 1 aromatic heterocycles. The number of benzene rings is 1. The largest absolute Gasteiger partial charge is 0.493 e. The van der Waals surface area contributed by atoms with Crippen LogP contribution in [0.3, 0.4) is 0 Å². The molecule has 1 aliphatic heterocycles. The molecule has 0 amide bonds. The number of unbranched alkanes of at least 4 members (excludes halogenated alkanes) is 1. The molecule has 0 bridgehead atoms. The van der Waals surface area contributed by atoms with E-state index in [0.717, 1.165) is 67.9 Å². The Hall–Kier alpha value is -1.88. The Labute approximate surface area is 208 Å². The zero-order chi connectivity index (χ0) is 22.1. The van der Waals surface area contributed by atoms with Crippen LogP contribution in [0.15, 0.2) is 23.2 Å². The van der Waals surface area contributed by atoms with Gasteiger partial charge in [-0.2, -0.15) is 0 Å². The fourth-order valence-electron chi connectivity index (χ4n) is 3.34. The Balaban J connectivity index is 0.00000363. The lowest BCUT2D eigenvalue weighted by molar-refractivity contribution is 0.166. The van der Waals surface area contributed by atoms with Gasteiger partial charge in [-0.05, 0) is 38.3 Å². The second-order valence-corrected chi connectivity index (χ2v) is 8.17. The molecule has 0 spiro atoms.